The summed E-state index contributed by atoms with van der Waals surface area (Å²) in [7, 11) is 1.64. The van der Waals surface area contributed by atoms with Crippen molar-refractivity contribution in [3.63, 3.8) is 0 Å². The number of rotatable bonds is 5. The van der Waals surface area contributed by atoms with Crippen molar-refractivity contribution < 1.29 is 9.53 Å². The summed E-state index contributed by atoms with van der Waals surface area (Å²) in [5.41, 5.74) is 3.30. The zero-order valence-corrected chi connectivity index (χ0v) is 15.4. The van der Waals surface area contributed by atoms with Gasteiger partial charge in [-0.15, -0.1) is 11.8 Å². The minimum atomic E-state index is -0.0516. The lowest BCUT2D eigenvalue weighted by Gasteiger charge is -2.03. The van der Waals surface area contributed by atoms with Crippen molar-refractivity contribution in [2.75, 3.05) is 18.2 Å². The minimum Gasteiger partial charge on any atom is -0.497 e. The summed E-state index contributed by atoms with van der Waals surface area (Å²) in [4.78, 5) is 17.7. The Hall–Kier alpha value is -2.05. The second-order valence-corrected chi connectivity index (χ2v) is 7.54. The lowest BCUT2D eigenvalue weighted by molar-refractivity contribution is -0.113. The Morgan fingerprint density at radius 1 is 1.25 bits per heavy atom. The van der Waals surface area contributed by atoms with Crippen molar-refractivity contribution in [1.82, 2.24) is 4.98 Å². The van der Waals surface area contributed by atoms with Crippen LogP contribution in [0.15, 0.2) is 41.3 Å². The van der Waals surface area contributed by atoms with E-state index in [0.29, 0.717) is 10.9 Å². The number of nitrogens with zero attached hydrogens (tertiary/aromatic N) is 1. The highest BCUT2D eigenvalue weighted by Crippen LogP contribution is 2.29. The van der Waals surface area contributed by atoms with Gasteiger partial charge in [0.15, 0.2) is 5.13 Å². The van der Waals surface area contributed by atoms with Crippen LogP contribution in [0.25, 0.3) is 10.2 Å². The fourth-order valence-corrected chi connectivity index (χ4v) is 4.16. The maximum absolute atomic E-state index is 12.1. The van der Waals surface area contributed by atoms with Gasteiger partial charge in [0.25, 0.3) is 0 Å². The number of aromatic nitrogens is 1. The fraction of sp³-hybridized carbons (Fsp3) is 0.222. The second-order valence-electron chi connectivity index (χ2n) is 5.46. The maximum atomic E-state index is 12.1. The Balaban J connectivity index is 1.63. The standard InChI is InChI=1S/C18H18N2O2S2/c1-11-8-12(2)17-15(9-11)24-18(20-17)19-16(21)10-23-14-6-4-13(22-3)5-7-14/h4-9H,10H2,1-3H3,(H,19,20,21). The van der Waals surface area contributed by atoms with E-state index in [1.807, 2.05) is 31.2 Å². The number of carbonyl (C=O) groups excluding carboxylic acids is 1. The molecule has 0 aliphatic rings. The first-order valence-corrected chi connectivity index (χ1v) is 9.30. The van der Waals surface area contributed by atoms with Crippen LogP contribution in [0.1, 0.15) is 11.1 Å². The quantitative estimate of drug-likeness (QED) is 0.674. The van der Waals surface area contributed by atoms with Gasteiger partial charge in [-0.25, -0.2) is 4.98 Å². The summed E-state index contributed by atoms with van der Waals surface area (Å²) < 4.78 is 6.23. The van der Waals surface area contributed by atoms with Crippen LogP contribution < -0.4 is 10.1 Å². The van der Waals surface area contributed by atoms with Gasteiger partial charge in [-0.3, -0.25) is 4.79 Å². The van der Waals surface area contributed by atoms with E-state index in [-0.39, 0.29) is 5.91 Å². The number of aryl methyl sites for hydroxylation is 2. The van der Waals surface area contributed by atoms with Gasteiger partial charge >= 0.3 is 0 Å². The molecule has 1 heterocycles. The third kappa shape index (κ3) is 3.88. The average Bonchev–Trinajstić information content (AvgIpc) is 2.96. The molecular weight excluding hydrogens is 340 g/mol. The van der Waals surface area contributed by atoms with Crippen molar-refractivity contribution in [1.29, 1.82) is 0 Å². The highest BCUT2D eigenvalue weighted by Gasteiger charge is 2.10. The summed E-state index contributed by atoms with van der Waals surface area (Å²) >= 11 is 3.00. The van der Waals surface area contributed by atoms with E-state index < -0.39 is 0 Å². The van der Waals surface area contributed by atoms with Crippen LogP contribution in [0.5, 0.6) is 5.75 Å². The zero-order chi connectivity index (χ0) is 17.1. The Kier molecular flexibility index (Phi) is 5.06. The number of carbonyl (C=O) groups is 1. The third-order valence-electron chi connectivity index (χ3n) is 3.51. The molecule has 0 unspecified atom stereocenters. The Morgan fingerprint density at radius 3 is 2.71 bits per heavy atom. The Bertz CT molecular complexity index is 873. The molecule has 24 heavy (non-hydrogen) atoms. The van der Waals surface area contributed by atoms with Gasteiger partial charge in [0.05, 0.1) is 23.1 Å². The Labute approximate surface area is 149 Å². The molecule has 0 saturated heterocycles. The molecule has 4 nitrogen and oxygen atoms in total. The van der Waals surface area contributed by atoms with Gasteiger partial charge in [-0.05, 0) is 55.3 Å². The van der Waals surface area contributed by atoms with Crippen LogP contribution in [0.4, 0.5) is 5.13 Å². The lowest BCUT2D eigenvalue weighted by Crippen LogP contribution is -2.13. The smallest absolute Gasteiger partial charge is 0.236 e. The number of thioether (sulfide) groups is 1. The molecule has 3 aromatic rings. The Morgan fingerprint density at radius 2 is 2.00 bits per heavy atom. The number of hydrogen-bond donors (Lipinski definition) is 1. The van der Waals surface area contributed by atoms with Gasteiger partial charge in [0.1, 0.15) is 5.75 Å². The van der Waals surface area contributed by atoms with Gasteiger partial charge in [0, 0.05) is 4.90 Å². The number of thiazole rings is 1. The van der Waals surface area contributed by atoms with E-state index in [1.165, 1.54) is 28.7 Å². The first-order chi connectivity index (χ1) is 11.5. The number of benzene rings is 2. The molecule has 3 rings (SSSR count). The molecule has 0 aliphatic heterocycles. The van der Waals surface area contributed by atoms with Crippen molar-refractivity contribution >= 4 is 44.4 Å². The number of anilines is 1. The molecule has 0 saturated carbocycles. The molecule has 0 aliphatic carbocycles. The first kappa shape index (κ1) is 16.8. The monoisotopic (exact) mass is 358 g/mol. The van der Waals surface area contributed by atoms with E-state index in [2.05, 4.69) is 29.4 Å². The van der Waals surface area contributed by atoms with Gasteiger partial charge in [-0.2, -0.15) is 0 Å². The third-order valence-corrected chi connectivity index (χ3v) is 5.44. The maximum Gasteiger partial charge on any atom is 0.236 e. The highest BCUT2D eigenvalue weighted by molar-refractivity contribution is 8.00. The summed E-state index contributed by atoms with van der Waals surface area (Å²) in [5, 5.41) is 3.55. The van der Waals surface area contributed by atoms with Gasteiger partial charge < -0.3 is 10.1 Å². The van der Waals surface area contributed by atoms with Crippen LogP contribution in [-0.2, 0) is 4.79 Å². The average molecular weight is 358 g/mol. The zero-order valence-electron chi connectivity index (χ0n) is 13.8. The van der Waals surface area contributed by atoms with Crippen molar-refractivity contribution in [3.8, 4) is 5.75 Å². The molecule has 124 valence electrons. The molecule has 0 radical (unpaired) electrons. The predicted octanol–water partition coefficient (Wildman–Crippen LogP) is 4.65. The number of fused-ring (bicyclic) bond motifs is 1. The number of hydrogen-bond acceptors (Lipinski definition) is 5. The van der Waals surface area contributed by atoms with Crippen LogP contribution in [0.3, 0.4) is 0 Å². The molecule has 0 atom stereocenters. The van der Waals surface area contributed by atoms with Crippen molar-refractivity contribution in [2.45, 2.75) is 18.7 Å². The number of nitrogens with one attached hydrogen (secondary N) is 1. The SMILES string of the molecule is COc1ccc(SCC(=O)Nc2nc3c(C)cc(C)cc3s2)cc1. The minimum absolute atomic E-state index is 0.0516. The largest absolute Gasteiger partial charge is 0.497 e. The molecule has 1 amide bonds. The van der Waals surface area contributed by atoms with E-state index in [9.17, 15) is 4.79 Å². The highest BCUT2D eigenvalue weighted by atomic mass is 32.2. The van der Waals surface area contributed by atoms with E-state index in [4.69, 9.17) is 4.74 Å². The van der Waals surface area contributed by atoms with E-state index >= 15 is 0 Å². The van der Waals surface area contributed by atoms with Gasteiger partial charge in [-0.1, -0.05) is 17.4 Å². The van der Waals surface area contributed by atoms with Crippen LogP contribution in [0.2, 0.25) is 0 Å². The fourth-order valence-electron chi connectivity index (χ4n) is 2.40. The van der Waals surface area contributed by atoms with Gasteiger partial charge in [0.2, 0.25) is 5.91 Å². The first-order valence-electron chi connectivity index (χ1n) is 7.49. The summed E-state index contributed by atoms with van der Waals surface area (Å²) in [5.74, 6) is 1.11. The number of methoxy groups -OCH3 is 1. The second kappa shape index (κ2) is 7.23. The number of ether oxygens (including phenoxy) is 1. The lowest BCUT2D eigenvalue weighted by atomic mass is 10.1. The molecule has 0 bridgehead atoms. The van der Waals surface area contributed by atoms with E-state index in [1.54, 1.807) is 7.11 Å². The summed E-state index contributed by atoms with van der Waals surface area (Å²) in [6.07, 6.45) is 0. The van der Waals surface area contributed by atoms with Crippen LogP contribution in [-0.4, -0.2) is 23.8 Å². The molecular formula is C18H18N2O2S2. The topological polar surface area (TPSA) is 51.2 Å². The molecule has 6 heteroatoms. The molecule has 1 N–H and O–H groups in total. The van der Waals surface area contributed by atoms with E-state index in [0.717, 1.165) is 26.4 Å². The molecule has 0 spiro atoms. The summed E-state index contributed by atoms with van der Waals surface area (Å²) in [6.45, 7) is 4.11. The summed E-state index contributed by atoms with van der Waals surface area (Å²) in [6, 6.07) is 11.9. The van der Waals surface area contributed by atoms with Crippen molar-refractivity contribution in [2.24, 2.45) is 0 Å². The molecule has 0 fully saturated rings. The van der Waals surface area contributed by atoms with Crippen LogP contribution in [0, 0.1) is 13.8 Å². The molecule has 2 aromatic carbocycles. The normalized spacial score (nSPS) is 10.8. The van der Waals surface area contributed by atoms with Crippen LogP contribution >= 0.6 is 23.1 Å². The van der Waals surface area contributed by atoms with Crippen molar-refractivity contribution in [3.05, 3.63) is 47.5 Å². The molecule has 1 aromatic heterocycles. The number of amides is 1. The predicted molar refractivity (Wildman–Crippen MR) is 101 cm³/mol.